The van der Waals surface area contributed by atoms with Crippen LogP contribution in [0.25, 0.3) is 16.7 Å². The predicted molar refractivity (Wildman–Crippen MR) is 105 cm³/mol. The Morgan fingerprint density at radius 1 is 1.03 bits per heavy atom. The normalized spacial score (nSPS) is 11.5. The first-order valence-electron chi connectivity index (χ1n) is 8.84. The summed E-state index contributed by atoms with van der Waals surface area (Å²) < 4.78 is 46.9. The van der Waals surface area contributed by atoms with Crippen molar-refractivity contribution >= 4 is 22.9 Å². The number of anilines is 1. The van der Waals surface area contributed by atoms with Crippen molar-refractivity contribution in [1.29, 1.82) is 0 Å². The number of methoxy groups -OCH3 is 1. The van der Waals surface area contributed by atoms with E-state index in [1.165, 1.54) is 7.11 Å². The highest BCUT2D eigenvalue weighted by atomic mass is 19.4. The van der Waals surface area contributed by atoms with Gasteiger partial charge in [-0.05, 0) is 36.4 Å². The van der Waals surface area contributed by atoms with Crippen LogP contribution < -0.4 is 10.1 Å². The third-order valence-corrected chi connectivity index (χ3v) is 4.44. The number of para-hydroxylation sites is 4. The van der Waals surface area contributed by atoms with Crippen LogP contribution in [0, 0.1) is 0 Å². The molecule has 0 aliphatic heterocycles. The molecule has 4 aromatic rings. The van der Waals surface area contributed by atoms with Gasteiger partial charge in [-0.2, -0.15) is 13.2 Å². The summed E-state index contributed by atoms with van der Waals surface area (Å²) in [4.78, 5) is 20.8. The Bertz CT molecular complexity index is 1230. The fraction of sp³-hybridized carbons (Fsp3) is 0.0952. The first kappa shape index (κ1) is 19.4. The minimum absolute atomic E-state index is 0.0458. The van der Waals surface area contributed by atoms with E-state index in [1.807, 2.05) is 0 Å². The monoisotopic (exact) mass is 412 g/mol. The van der Waals surface area contributed by atoms with Gasteiger partial charge in [0.2, 0.25) is 5.95 Å². The molecule has 2 aromatic carbocycles. The maximum absolute atomic E-state index is 13.3. The van der Waals surface area contributed by atoms with E-state index < -0.39 is 23.3 Å². The van der Waals surface area contributed by atoms with Crippen molar-refractivity contribution in [1.82, 2.24) is 14.5 Å². The van der Waals surface area contributed by atoms with Crippen LogP contribution in [0.15, 0.2) is 66.9 Å². The SMILES string of the molecule is COc1ccccc1-n1c(NC(=O)c2ncccc2C(F)(F)F)nc2ccccc21. The van der Waals surface area contributed by atoms with Gasteiger partial charge in [0.25, 0.3) is 5.91 Å². The Balaban J connectivity index is 1.84. The lowest BCUT2D eigenvalue weighted by atomic mass is 10.2. The number of carbonyl (C=O) groups is 1. The highest BCUT2D eigenvalue weighted by Gasteiger charge is 2.36. The van der Waals surface area contributed by atoms with Crippen LogP contribution in [0.3, 0.4) is 0 Å². The molecule has 9 heteroatoms. The van der Waals surface area contributed by atoms with E-state index in [9.17, 15) is 18.0 Å². The number of ether oxygens (including phenoxy) is 1. The molecule has 0 radical (unpaired) electrons. The molecule has 1 N–H and O–H groups in total. The summed E-state index contributed by atoms with van der Waals surface area (Å²) in [7, 11) is 1.50. The highest BCUT2D eigenvalue weighted by molar-refractivity contribution is 6.04. The lowest BCUT2D eigenvalue weighted by Gasteiger charge is -2.14. The van der Waals surface area contributed by atoms with Gasteiger partial charge in [0, 0.05) is 6.20 Å². The molecule has 2 heterocycles. The van der Waals surface area contributed by atoms with Crippen molar-refractivity contribution in [2.75, 3.05) is 12.4 Å². The van der Waals surface area contributed by atoms with Crippen LogP contribution in [0.1, 0.15) is 16.1 Å². The van der Waals surface area contributed by atoms with Crippen molar-refractivity contribution in [3.63, 3.8) is 0 Å². The molecule has 30 heavy (non-hydrogen) atoms. The fourth-order valence-corrected chi connectivity index (χ4v) is 3.14. The average molecular weight is 412 g/mol. The second-order valence-electron chi connectivity index (χ2n) is 6.28. The number of carbonyl (C=O) groups excluding carboxylic acids is 1. The molecule has 0 atom stereocenters. The Morgan fingerprint density at radius 2 is 1.77 bits per heavy atom. The average Bonchev–Trinajstić information content (AvgIpc) is 3.10. The number of hydrogen-bond donors (Lipinski definition) is 1. The zero-order valence-corrected chi connectivity index (χ0v) is 15.6. The van der Waals surface area contributed by atoms with Crippen LogP contribution in [0.4, 0.5) is 19.1 Å². The number of amides is 1. The second-order valence-corrected chi connectivity index (χ2v) is 6.28. The zero-order chi connectivity index (χ0) is 21.3. The topological polar surface area (TPSA) is 69.0 Å². The third-order valence-electron chi connectivity index (χ3n) is 4.44. The van der Waals surface area contributed by atoms with Gasteiger partial charge in [0.05, 0.1) is 29.4 Å². The molecule has 0 saturated heterocycles. The standard InChI is InChI=1S/C21H15F3N4O2/c1-30-17-11-5-4-10-16(17)28-15-9-3-2-8-14(15)26-20(28)27-19(29)18-13(21(22,23)24)7-6-12-25-18/h2-12H,1H3,(H,26,27,29). The first-order chi connectivity index (χ1) is 14.4. The van der Waals surface area contributed by atoms with Gasteiger partial charge >= 0.3 is 6.18 Å². The molecule has 0 aliphatic carbocycles. The van der Waals surface area contributed by atoms with Crippen LogP contribution in [0.5, 0.6) is 5.75 Å². The van der Waals surface area contributed by atoms with E-state index >= 15 is 0 Å². The number of halogens is 3. The largest absolute Gasteiger partial charge is 0.495 e. The molecule has 0 bridgehead atoms. The van der Waals surface area contributed by atoms with Crippen molar-refractivity contribution in [2.45, 2.75) is 6.18 Å². The van der Waals surface area contributed by atoms with Gasteiger partial charge in [0.1, 0.15) is 11.4 Å². The Hall–Kier alpha value is -3.88. The van der Waals surface area contributed by atoms with Crippen molar-refractivity contribution in [2.24, 2.45) is 0 Å². The van der Waals surface area contributed by atoms with Gasteiger partial charge in [0.15, 0.2) is 0 Å². The van der Waals surface area contributed by atoms with E-state index in [-0.39, 0.29) is 5.95 Å². The van der Waals surface area contributed by atoms with Crippen LogP contribution in [0.2, 0.25) is 0 Å². The molecular formula is C21H15F3N4O2. The van der Waals surface area contributed by atoms with Gasteiger partial charge < -0.3 is 4.74 Å². The van der Waals surface area contributed by atoms with Crippen LogP contribution >= 0.6 is 0 Å². The summed E-state index contributed by atoms with van der Waals surface area (Å²) in [5.41, 5.74) is -0.0858. The highest BCUT2D eigenvalue weighted by Crippen LogP contribution is 2.33. The molecule has 0 saturated carbocycles. The molecule has 152 valence electrons. The lowest BCUT2D eigenvalue weighted by Crippen LogP contribution is -2.22. The summed E-state index contributed by atoms with van der Waals surface area (Å²) in [5, 5.41) is 2.47. The van der Waals surface area contributed by atoms with Crippen LogP contribution in [-0.2, 0) is 6.18 Å². The van der Waals surface area contributed by atoms with Crippen LogP contribution in [-0.4, -0.2) is 27.6 Å². The second kappa shape index (κ2) is 7.51. The maximum atomic E-state index is 13.3. The molecule has 1 amide bonds. The minimum atomic E-state index is -4.72. The van der Waals surface area contributed by atoms with Crippen molar-refractivity contribution in [3.05, 3.63) is 78.1 Å². The molecule has 6 nitrogen and oxygen atoms in total. The number of nitrogens with zero attached hydrogens (tertiary/aromatic N) is 3. The van der Waals surface area contributed by atoms with Gasteiger partial charge in [-0.3, -0.25) is 19.7 Å². The summed E-state index contributed by atoms with van der Waals surface area (Å²) >= 11 is 0. The number of aromatic nitrogens is 3. The third kappa shape index (κ3) is 3.45. The molecule has 0 spiro atoms. The van der Waals surface area contributed by atoms with E-state index in [4.69, 9.17) is 4.74 Å². The maximum Gasteiger partial charge on any atom is 0.418 e. The van der Waals surface area contributed by atoms with E-state index in [0.717, 1.165) is 18.3 Å². The summed E-state index contributed by atoms with van der Waals surface area (Å²) in [6, 6.07) is 16.1. The molecule has 0 aliphatic rings. The number of hydrogen-bond acceptors (Lipinski definition) is 4. The Morgan fingerprint density at radius 3 is 2.53 bits per heavy atom. The minimum Gasteiger partial charge on any atom is -0.495 e. The number of rotatable bonds is 4. The summed E-state index contributed by atoms with van der Waals surface area (Å²) in [5.74, 6) is -0.469. The number of benzene rings is 2. The molecule has 4 rings (SSSR count). The quantitative estimate of drug-likeness (QED) is 0.528. The fourth-order valence-electron chi connectivity index (χ4n) is 3.14. The Labute approximate surface area is 169 Å². The molecular weight excluding hydrogens is 397 g/mol. The first-order valence-corrected chi connectivity index (χ1v) is 8.84. The van der Waals surface area contributed by atoms with Gasteiger partial charge in [-0.1, -0.05) is 24.3 Å². The van der Waals surface area contributed by atoms with Crippen molar-refractivity contribution < 1.29 is 22.7 Å². The van der Waals surface area contributed by atoms with Gasteiger partial charge in [-0.15, -0.1) is 0 Å². The smallest absolute Gasteiger partial charge is 0.418 e. The zero-order valence-electron chi connectivity index (χ0n) is 15.6. The number of imidazole rings is 1. The Kier molecular flexibility index (Phi) is 4.86. The summed E-state index contributed by atoms with van der Waals surface area (Å²) in [6.07, 6.45) is -3.59. The van der Waals surface area contributed by atoms with E-state index in [2.05, 4.69) is 15.3 Å². The lowest BCUT2D eigenvalue weighted by molar-refractivity contribution is -0.138. The summed E-state index contributed by atoms with van der Waals surface area (Å²) in [6.45, 7) is 0. The number of alkyl halides is 3. The predicted octanol–water partition coefficient (Wildman–Crippen LogP) is 4.70. The number of pyridine rings is 1. The molecule has 0 fully saturated rings. The molecule has 2 aromatic heterocycles. The van der Waals surface area contributed by atoms with Gasteiger partial charge in [-0.25, -0.2) is 4.98 Å². The van der Waals surface area contributed by atoms with Crippen molar-refractivity contribution in [3.8, 4) is 11.4 Å². The molecule has 0 unspecified atom stereocenters. The number of nitrogens with one attached hydrogen (secondary N) is 1. The number of fused-ring (bicyclic) bond motifs is 1. The van der Waals surface area contributed by atoms with E-state index in [0.29, 0.717) is 22.5 Å². The van der Waals surface area contributed by atoms with E-state index in [1.54, 1.807) is 53.1 Å².